The van der Waals surface area contributed by atoms with Crippen molar-refractivity contribution in [1.82, 2.24) is 10.0 Å². The van der Waals surface area contributed by atoms with Gasteiger partial charge in [-0.15, -0.1) is 0 Å². The maximum absolute atomic E-state index is 14.5. The van der Waals surface area contributed by atoms with Crippen LogP contribution in [0.4, 0.5) is 5.69 Å². The van der Waals surface area contributed by atoms with Crippen LogP contribution in [-0.2, 0) is 28.6 Å². The molecule has 0 spiro atoms. The molecule has 16 heteroatoms. The monoisotopic (exact) mass is 825 g/mol. The van der Waals surface area contributed by atoms with Gasteiger partial charge >= 0.3 is 11.8 Å². The molecule has 3 aliphatic heterocycles. The summed E-state index contributed by atoms with van der Waals surface area (Å²) in [5, 5.41) is 51.4. The summed E-state index contributed by atoms with van der Waals surface area (Å²) in [6, 6.07) is 1.26. The van der Waals surface area contributed by atoms with Gasteiger partial charge in [-0.05, 0) is 26.8 Å². The minimum atomic E-state index is -2.03. The molecule has 0 aliphatic carbocycles. The molecule has 0 fully saturated rings. The number of ketones is 1. The van der Waals surface area contributed by atoms with Crippen molar-refractivity contribution < 1.29 is 63.3 Å². The number of nitrogens with one attached hydrogen (secondary N) is 1. The number of rotatable bonds is 7. The highest BCUT2D eigenvalue weighted by atomic mass is 16.7. The molecule has 2 aromatic rings. The van der Waals surface area contributed by atoms with E-state index >= 15 is 0 Å². The lowest BCUT2D eigenvalue weighted by Gasteiger charge is -2.38. The van der Waals surface area contributed by atoms with E-state index in [-0.39, 0.29) is 44.7 Å². The van der Waals surface area contributed by atoms with E-state index in [1.54, 1.807) is 65.9 Å². The molecule has 9 atom stereocenters. The molecule has 0 aromatic heterocycles. The van der Waals surface area contributed by atoms with E-state index in [4.69, 9.17) is 23.7 Å². The predicted octanol–water partition coefficient (Wildman–Crippen LogP) is 4.75. The number of nitrogens with zero attached hydrogens (tertiary/aromatic N) is 2. The fourth-order valence-corrected chi connectivity index (χ4v) is 7.64. The molecule has 2 aromatic carbocycles. The van der Waals surface area contributed by atoms with Gasteiger partial charge in [0.05, 0.1) is 41.2 Å². The number of carbonyl (C=O) groups excluding carboxylic acids is 4. The van der Waals surface area contributed by atoms with Crippen molar-refractivity contribution >= 4 is 40.0 Å². The van der Waals surface area contributed by atoms with Gasteiger partial charge < -0.3 is 49.4 Å². The van der Waals surface area contributed by atoms with Gasteiger partial charge in [0.25, 0.3) is 17.6 Å². The van der Waals surface area contributed by atoms with Crippen LogP contribution in [0, 0.1) is 30.6 Å². The molecule has 5 bridgehead atoms. The van der Waals surface area contributed by atoms with Crippen molar-refractivity contribution in [1.29, 1.82) is 0 Å². The second kappa shape index (κ2) is 18.8. The van der Waals surface area contributed by atoms with Crippen molar-refractivity contribution in [3.63, 3.8) is 0 Å². The number of benzene rings is 2. The number of methoxy groups -OCH3 is 1. The van der Waals surface area contributed by atoms with Gasteiger partial charge in [-0.25, -0.2) is 5.01 Å². The SMILES string of the molecule is CCN(C(=O)COc1cc2c(O)c3c(O)c(C)c4c(c13)C(=O)C(C)(O/C=C/C(OC)C(C)C(OC(C)=O)C(C)C(O)C(C)C(O)C(C)/C=C/C=C(/C)C(=O)N2)O4)N(C)C. The fraction of sp³-hybridized carbons (Fsp3) is 0.535. The van der Waals surface area contributed by atoms with Crippen molar-refractivity contribution in [3.05, 3.63) is 53.3 Å². The minimum absolute atomic E-state index is 0.0669. The highest BCUT2D eigenvalue weighted by Gasteiger charge is 2.50. The molecule has 3 aliphatic rings. The van der Waals surface area contributed by atoms with Crippen LogP contribution in [0.15, 0.2) is 42.2 Å². The second-order valence-corrected chi connectivity index (χ2v) is 15.6. The number of carbonyl (C=O) groups is 4. The Balaban J connectivity index is 1.94. The first-order chi connectivity index (χ1) is 27.6. The third-order valence-corrected chi connectivity index (χ3v) is 11.2. The number of amides is 2. The van der Waals surface area contributed by atoms with Crippen molar-refractivity contribution in [2.75, 3.05) is 39.7 Å². The van der Waals surface area contributed by atoms with Gasteiger partial charge in [0, 0.05) is 87.9 Å². The standard InChI is InChI=1S/C43H59N3O13/c1-13-46(45(10)11)31(48)20-56-30-19-28-38(52)33-32(30)34-40(26(7)37(33)51)59-43(9,41(34)53)57-18-17-29(55-12)23(4)39(58-27(8)47)25(6)36(50)24(5)35(49)21(2)15-14-16-22(3)42(54)44-28/h14-19,21,23-25,29,35-36,39,49-52H,13,20H2,1-12H3,(H,44,54)/b15-14+,18-17+,22-16-. The van der Waals surface area contributed by atoms with Crippen LogP contribution in [0.25, 0.3) is 10.8 Å². The van der Waals surface area contributed by atoms with Gasteiger partial charge in [0.2, 0.25) is 0 Å². The Kier molecular flexibility index (Phi) is 14.8. The first-order valence-electron chi connectivity index (χ1n) is 19.6. The van der Waals surface area contributed by atoms with E-state index in [0.717, 1.165) is 0 Å². The molecule has 59 heavy (non-hydrogen) atoms. The van der Waals surface area contributed by atoms with Crippen LogP contribution < -0.4 is 14.8 Å². The average molecular weight is 826 g/mol. The molecule has 16 nitrogen and oxygen atoms in total. The van der Waals surface area contributed by atoms with Crippen LogP contribution >= 0.6 is 0 Å². The molecule has 3 heterocycles. The molecule has 9 unspecified atom stereocenters. The molecule has 2 amide bonds. The normalized spacial score (nSPS) is 29.9. The first-order valence-corrected chi connectivity index (χ1v) is 19.6. The lowest BCUT2D eigenvalue weighted by molar-refractivity contribution is -0.160. The Hall–Kier alpha value is -5.16. The summed E-state index contributed by atoms with van der Waals surface area (Å²) < 4.78 is 29.7. The molecule has 0 radical (unpaired) electrons. The largest absolute Gasteiger partial charge is 0.507 e. The summed E-state index contributed by atoms with van der Waals surface area (Å²) in [5.41, 5.74) is -0.0467. The molecule has 324 valence electrons. The topological polar surface area (TPSA) is 214 Å². The van der Waals surface area contributed by atoms with Crippen LogP contribution in [0.2, 0.25) is 0 Å². The Morgan fingerprint density at radius 2 is 1.63 bits per heavy atom. The number of esters is 1. The number of phenols is 2. The Morgan fingerprint density at radius 3 is 2.22 bits per heavy atom. The van der Waals surface area contributed by atoms with E-state index in [1.807, 2.05) is 0 Å². The van der Waals surface area contributed by atoms with E-state index in [0.29, 0.717) is 6.54 Å². The number of aliphatic hydroxyl groups excluding tert-OH is 2. The number of fused-ring (bicyclic) bond motifs is 14. The maximum Gasteiger partial charge on any atom is 0.312 e. The summed E-state index contributed by atoms with van der Waals surface area (Å²) in [7, 11) is 4.81. The predicted molar refractivity (Wildman–Crippen MR) is 219 cm³/mol. The number of ether oxygens (including phenoxy) is 5. The quantitative estimate of drug-likeness (QED) is 0.145. The molecule has 0 saturated heterocycles. The number of likely N-dealkylation sites (N-methyl/N-ethyl adjacent to an activating group) is 1. The van der Waals surface area contributed by atoms with Gasteiger partial charge in [0.1, 0.15) is 23.4 Å². The number of aliphatic hydroxyl groups is 2. The third kappa shape index (κ3) is 9.51. The Bertz CT molecular complexity index is 2030. The number of anilines is 1. The van der Waals surface area contributed by atoms with Gasteiger partial charge in [-0.1, -0.05) is 45.9 Å². The highest BCUT2D eigenvalue weighted by Crippen LogP contribution is 2.54. The molecular weight excluding hydrogens is 766 g/mol. The number of allylic oxidation sites excluding steroid dienone is 2. The Labute approximate surface area is 345 Å². The summed E-state index contributed by atoms with van der Waals surface area (Å²) in [6.07, 6.45) is 3.56. The van der Waals surface area contributed by atoms with Gasteiger partial charge in [-0.2, -0.15) is 0 Å². The van der Waals surface area contributed by atoms with Crippen LogP contribution in [-0.4, -0.2) is 119 Å². The summed E-state index contributed by atoms with van der Waals surface area (Å²) in [4.78, 5) is 53.6. The molecular formula is C43H59N3O13. The summed E-state index contributed by atoms with van der Waals surface area (Å²) >= 11 is 0. The zero-order valence-corrected chi connectivity index (χ0v) is 35.9. The first kappa shape index (κ1) is 46.5. The lowest BCUT2D eigenvalue weighted by atomic mass is 9.78. The van der Waals surface area contributed by atoms with Gasteiger partial charge in [0.15, 0.2) is 12.4 Å². The Morgan fingerprint density at radius 1 is 0.966 bits per heavy atom. The molecule has 5 N–H and O–H groups in total. The summed E-state index contributed by atoms with van der Waals surface area (Å²) in [6.45, 7) is 14.1. The van der Waals surface area contributed by atoms with Gasteiger partial charge in [-0.3, -0.25) is 24.2 Å². The van der Waals surface area contributed by atoms with Crippen LogP contribution in [0.5, 0.6) is 23.0 Å². The highest BCUT2D eigenvalue weighted by molar-refractivity contribution is 6.21. The van der Waals surface area contributed by atoms with E-state index in [1.165, 1.54) is 64.3 Å². The summed E-state index contributed by atoms with van der Waals surface area (Å²) in [5.74, 6) is -8.19. The maximum atomic E-state index is 14.5. The third-order valence-electron chi connectivity index (χ3n) is 11.2. The number of aromatic hydroxyl groups is 2. The van der Waals surface area contributed by atoms with Crippen molar-refractivity contribution in [2.24, 2.45) is 23.7 Å². The van der Waals surface area contributed by atoms with E-state index in [9.17, 15) is 39.6 Å². The number of phenolic OH excluding ortho intramolecular Hbond substituents is 2. The van der Waals surface area contributed by atoms with Crippen molar-refractivity contribution in [3.8, 4) is 23.0 Å². The number of hydrazine groups is 1. The number of Topliss-reactive ketones (excluding diaryl/α,β-unsaturated/α-hetero) is 1. The number of hydrogen-bond donors (Lipinski definition) is 5. The fourth-order valence-electron chi connectivity index (χ4n) is 7.64. The lowest BCUT2D eigenvalue weighted by Crippen LogP contribution is -2.46. The minimum Gasteiger partial charge on any atom is -0.507 e. The van der Waals surface area contributed by atoms with Crippen LogP contribution in [0.1, 0.15) is 71.3 Å². The molecule has 0 saturated carbocycles. The van der Waals surface area contributed by atoms with E-state index in [2.05, 4.69) is 5.32 Å². The zero-order valence-electron chi connectivity index (χ0n) is 35.9. The zero-order chi connectivity index (χ0) is 44.3. The second-order valence-electron chi connectivity index (χ2n) is 15.6. The van der Waals surface area contributed by atoms with E-state index < -0.39 is 95.5 Å². The average Bonchev–Trinajstić information content (AvgIpc) is 3.45. The smallest absolute Gasteiger partial charge is 0.312 e. The van der Waals surface area contributed by atoms with Crippen LogP contribution in [0.3, 0.4) is 0 Å². The van der Waals surface area contributed by atoms with Crippen molar-refractivity contribution in [2.45, 2.75) is 92.5 Å². The number of hydrogen-bond acceptors (Lipinski definition) is 14. The molecule has 5 rings (SSSR count).